The van der Waals surface area contributed by atoms with Crippen LogP contribution >= 0.6 is 11.3 Å². The quantitative estimate of drug-likeness (QED) is 0.907. The van der Waals surface area contributed by atoms with Crippen LogP contribution in [0.25, 0.3) is 10.4 Å². The van der Waals surface area contributed by atoms with Crippen LogP contribution in [0.1, 0.15) is 16.8 Å². The first-order chi connectivity index (χ1) is 11.5. The summed E-state index contributed by atoms with van der Waals surface area (Å²) >= 11 is 1.31. The highest BCUT2D eigenvalue weighted by atomic mass is 32.2. The zero-order chi connectivity index (χ0) is 17.2. The van der Waals surface area contributed by atoms with Crippen molar-refractivity contribution in [1.29, 1.82) is 0 Å². The first-order valence-corrected chi connectivity index (χ1v) is 10.0. The van der Waals surface area contributed by atoms with Crippen molar-refractivity contribution in [2.45, 2.75) is 11.7 Å². The zero-order valence-corrected chi connectivity index (χ0v) is 14.6. The van der Waals surface area contributed by atoms with Crippen LogP contribution in [0.4, 0.5) is 5.13 Å². The number of allylic oxidation sites excluding steroid dienone is 3. The van der Waals surface area contributed by atoms with Crippen molar-refractivity contribution in [3.8, 4) is 10.4 Å². The molecule has 6 nitrogen and oxygen atoms in total. The van der Waals surface area contributed by atoms with Gasteiger partial charge in [0.1, 0.15) is 0 Å². The number of thiazole rings is 1. The third-order valence-electron chi connectivity index (χ3n) is 3.56. The fourth-order valence-electron chi connectivity index (χ4n) is 2.28. The number of rotatable bonds is 3. The normalized spacial score (nSPS) is 19.0. The molecule has 1 unspecified atom stereocenters. The van der Waals surface area contributed by atoms with Gasteiger partial charge in [0.2, 0.25) is 0 Å². The fraction of sp³-hybridized carbons (Fsp3) is 0.188. The van der Waals surface area contributed by atoms with E-state index in [9.17, 15) is 9.00 Å². The molecule has 0 aliphatic heterocycles. The van der Waals surface area contributed by atoms with Gasteiger partial charge in [-0.3, -0.25) is 9.78 Å². The standard InChI is InChI=1S/C16H16N4O2S2/c1-24(22,13-5-3-2-4-6-13)20-15(21)12-7-11(8-18-9-12)14-10-19-16(17)23-14/h2-5,7-10,13H,6H2,1H3,(H2,17,19)/t13?,24-/m0/s1. The van der Waals surface area contributed by atoms with Crippen LogP contribution < -0.4 is 5.73 Å². The Morgan fingerprint density at radius 3 is 2.88 bits per heavy atom. The van der Waals surface area contributed by atoms with Crippen molar-refractivity contribution >= 4 is 32.1 Å². The number of nitrogen functional groups attached to an aromatic ring is 1. The highest BCUT2D eigenvalue weighted by molar-refractivity contribution is 7.94. The van der Waals surface area contributed by atoms with Crippen molar-refractivity contribution in [3.63, 3.8) is 0 Å². The first-order valence-electron chi connectivity index (χ1n) is 7.21. The average Bonchev–Trinajstić information content (AvgIpc) is 3.02. The van der Waals surface area contributed by atoms with Gasteiger partial charge in [-0.2, -0.15) is 4.36 Å². The molecule has 1 aliphatic rings. The van der Waals surface area contributed by atoms with Crippen LogP contribution in [-0.2, 0) is 9.73 Å². The van der Waals surface area contributed by atoms with Crippen LogP contribution in [0.3, 0.4) is 0 Å². The van der Waals surface area contributed by atoms with Gasteiger partial charge in [0.25, 0.3) is 5.91 Å². The van der Waals surface area contributed by atoms with E-state index in [1.165, 1.54) is 23.8 Å². The largest absolute Gasteiger partial charge is 0.375 e. The van der Waals surface area contributed by atoms with Crippen molar-refractivity contribution < 1.29 is 9.00 Å². The lowest BCUT2D eigenvalue weighted by atomic mass is 10.2. The van der Waals surface area contributed by atoms with E-state index >= 15 is 0 Å². The zero-order valence-electron chi connectivity index (χ0n) is 13.0. The highest BCUT2D eigenvalue weighted by Gasteiger charge is 2.19. The van der Waals surface area contributed by atoms with Gasteiger partial charge in [-0.15, -0.1) is 0 Å². The van der Waals surface area contributed by atoms with E-state index in [-0.39, 0.29) is 5.25 Å². The minimum Gasteiger partial charge on any atom is -0.375 e. The van der Waals surface area contributed by atoms with Crippen molar-refractivity contribution in [2.75, 3.05) is 12.0 Å². The lowest BCUT2D eigenvalue weighted by Crippen LogP contribution is -2.19. The maximum atomic E-state index is 12.8. The minimum atomic E-state index is -2.67. The molecule has 0 saturated heterocycles. The summed E-state index contributed by atoms with van der Waals surface area (Å²) in [6.07, 6.45) is 14.3. The Morgan fingerprint density at radius 1 is 1.38 bits per heavy atom. The molecule has 3 rings (SSSR count). The Morgan fingerprint density at radius 2 is 2.21 bits per heavy atom. The second-order valence-electron chi connectivity index (χ2n) is 5.37. The van der Waals surface area contributed by atoms with Gasteiger partial charge in [0, 0.05) is 30.4 Å². The van der Waals surface area contributed by atoms with Gasteiger partial charge in [-0.1, -0.05) is 35.6 Å². The molecule has 2 aromatic heterocycles. The molecule has 0 saturated carbocycles. The Hall–Kier alpha value is -2.32. The van der Waals surface area contributed by atoms with E-state index in [0.29, 0.717) is 17.1 Å². The summed E-state index contributed by atoms with van der Waals surface area (Å²) in [5, 5.41) is 0.184. The topological polar surface area (TPSA) is 98.3 Å². The fourth-order valence-corrected chi connectivity index (χ4v) is 4.37. The van der Waals surface area contributed by atoms with Gasteiger partial charge in [-0.25, -0.2) is 9.19 Å². The van der Waals surface area contributed by atoms with Crippen molar-refractivity contribution in [1.82, 2.24) is 9.97 Å². The predicted molar refractivity (Wildman–Crippen MR) is 97.3 cm³/mol. The van der Waals surface area contributed by atoms with Crippen molar-refractivity contribution in [2.24, 2.45) is 4.36 Å². The molecule has 2 heterocycles. The Balaban J connectivity index is 1.90. The van der Waals surface area contributed by atoms with Gasteiger partial charge in [0.15, 0.2) is 5.13 Å². The summed E-state index contributed by atoms with van der Waals surface area (Å²) in [5.74, 6) is -0.530. The molecule has 2 atom stereocenters. The molecule has 8 heteroatoms. The summed E-state index contributed by atoms with van der Waals surface area (Å²) in [6, 6.07) is 1.66. The van der Waals surface area contributed by atoms with Gasteiger partial charge in [-0.05, 0) is 12.5 Å². The molecule has 0 bridgehead atoms. The van der Waals surface area contributed by atoms with E-state index in [0.717, 1.165) is 10.4 Å². The molecule has 1 aliphatic carbocycles. The summed E-state index contributed by atoms with van der Waals surface area (Å²) in [5.41, 5.74) is 6.66. The van der Waals surface area contributed by atoms with Gasteiger partial charge >= 0.3 is 0 Å². The maximum absolute atomic E-state index is 12.8. The third-order valence-corrected chi connectivity index (χ3v) is 6.44. The minimum absolute atomic E-state index is 0.260. The van der Waals surface area contributed by atoms with E-state index in [2.05, 4.69) is 14.3 Å². The third kappa shape index (κ3) is 3.60. The number of nitrogens with zero attached hydrogens (tertiary/aromatic N) is 3. The number of carbonyl (C=O) groups is 1. The van der Waals surface area contributed by atoms with Crippen LogP contribution in [0, 0.1) is 0 Å². The van der Waals surface area contributed by atoms with Crippen LogP contribution in [0.5, 0.6) is 0 Å². The summed E-state index contributed by atoms with van der Waals surface area (Å²) in [4.78, 5) is 21.3. The van der Waals surface area contributed by atoms with Crippen LogP contribution in [-0.4, -0.2) is 31.6 Å². The van der Waals surface area contributed by atoms with Gasteiger partial charge < -0.3 is 5.73 Å². The van der Waals surface area contributed by atoms with Crippen molar-refractivity contribution in [3.05, 3.63) is 54.5 Å². The number of nitrogens with two attached hydrogens (primary N) is 1. The molecule has 2 aromatic rings. The summed E-state index contributed by atoms with van der Waals surface area (Å²) in [6.45, 7) is 0. The van der Waals surface area contributed by atoms with Gasteiger partial charge in [0.05, 0.1) is 25.4 Å². The SMILES string of the molecule is C[S@@](=O)(=NC(=O)c1cncc(-c2cnc(N)s2)c1)C1C=CC=CC1. The molecule has 1 amide bonds. The number of anilines is 1. The average molecular weight is 360 g/mol. The van der Waals surface area contributed by atoms with E-state index in [1.807, 2.05) is 24.3 Å². The lowest BCUT2D eigenvalue weighted by Gasteiger charge is -2.14. The molecular formula is C16H16N4O2S2. The molecule has 0 radical (unpaired) electrons. The number of hydrogen-bond acceptors (Lipinski definition) is 6. The number of hydrogen-bond donors (Lipinski definition) is 1. The molecule has 124 valence electrons. The van der Waals surface area contributed by atoms with E-state index < -0.39 is 15.6 Å². The van der Waals surface area contributed by atoms with Crippen LogP contribution in [0.2, 0.25) is 0 Å². The Kier molecular flexibility index (Phi) is 4.59. The maximum Gasteiger partial charge on any atom is 0.286 e. The number of pyridine rings is 1. The first kappa shape index (κ1) is 16.5. The number of amides is 1. The summed E-state index contributed by atoms with van der Waals surface area (Å²) in [7, 11) is -2.67. The molecule has 0 spiro atoms. The smallest absolute Gasteiger partial charge is 0.286 e. The number of carbonyl (C=O) groups excluding carboxylic acids is 1. The predicted octanol–water partition coefficient (Wildman–Crippen LogP) is 2.91. The lowest BCUT2D eigenvalue weighted by molar-refractivity contribution is 0.100. The molecule has 0 aromatic carbocycles. The molecule has 24 heavy (non-hydrogen) atoms. The van der Waals surface area contributed by atoms with E-state index in [1.54, 1.807) is 18.5 Å². The Bertz CT molecular complexity index is 952. The summed E-state index contributed by atoms with van der Waals surface area (Å²) < 4.78 is 16.7. The molecular weight excluding hydrogens is 344 g/mol. The number of aromatic nitrogens is 2. The highest BCUT2D eigenvalue weighted by Crippen LogP contribution is 2.27. The van der Waals surface area contributed by atoms with Crippen LogP contribution in [0.15, 0.2) is 53.3 Å². The molecule has 0 fully saturated rings. The van der Waals surface area contributed by atoms with E-state index in [4.69, 9.17) is 5.73 Å². The Labute approximate surface area is 144 Å². The second kappa shape index (κ2) is 6.66. The second-order valence-corrected chi connectivity index (χ2v) is 8.94. The molecule has 2 N–H and O–H groups in total. The monoisotopic (exact) mass is 360 g/mol.